The fraction of sp³-hybridized carbons (Fsp3) is 0.600. The van der Waals surface area contributed by atoms with Gasteiger partial charge in [-0.25, -0.2) is 4.39 Å². The summed E-state index contributed by atoms with van der Waals surface area (Å²) in [5.41, 5.74) is 0.141. The van der Waals surface area contributed by atoms with E-state index in [0.717, 1.165) is 25.7 Å². The lowest BCUT2D eigenvalue weighted by atomic mass is 9.80. The third-order valence-electron chi connectivity index (χ3n) is 4.51. The van der Waals surface area contributed by atoms with Crippen molar-refractivity contribution >= 4 is 12.6 Å². The zero-order valence-electron chi connectivity index (χ0n) is 11.9. The second-order valence-corrected chi connectivity index (χ2v) is 6.03. The lowest BCUT2D eigenvalue weighted by molar-refractivity contribution is -0.108. The lowest BCUT2D eigenvalue weighted by Crippen LogP contribution is -2.42. The average Bonchev–Trinajstić information content (AvgIpc) is 2.89. The van der Waals surface area contributed by atoms with Crippen LogP contribution in [0, 0.1) is 5.82 Å². The number of benzene rings is 1. The van der Waals surface area contributed by atoms with Gasteiger partial charge in [0.2, 0.25) is 0 Å². The monoisotopic (exact) mass is 294 g/mol. The molecule has 1 saturated heterocycles. The van der Waals surface area contributed by atoms with Gasteiger partial charge in [-0.05, 0) is 30.4 Å². The number of halogens is 1. The van der Waals surface area contributed by atoms with E-state index in [0.29, 0.717) is 6.61 Å². The van der Waals surface area contributed by atoms with Crippen molar-refractivity contribution in [3.05, 3.63) is 24.0 Å². The molecule has 2 fully saturated rings. The number of hydrogen-bond acceptors (Lipinski definition) is 4. The van der Waals surface area contributed by atoms with Crippen LogP contribution in [-0.2, 0) is 4.74 Å². The smallest absolute Gasteiger partial charge is 0.487 e. The van der Waals surface area contributed by atoms with Crippen LogP contribution >= 0.6 is 0 Å². The van der Waals surface area contributed by atoms with Crippen LogP contribution < -0.4 is 10.2 Å². The van der Waals surface area contributed by atoms with Crippen LogP contribution in [-0.4, -0.2) is 35.5 Å². The molecule has 4 nitrogen and oxygen atoms in total. The molecule has 2 aliphatic rings. The van der Waals surface area contributed by atoms with Crippen LogP contribution in [0.4, 0.5) is 4.39 Å². The Hall–Kier alpha value is -1.11. The van der Waals surface area contributed by atoms with Gasteiger partial charge in [0.25, 0.3) is 0 Å². The van der Waals surface area contributed by atoms with Gasteiger partial charge in [-0.3, -0.25) is 0 Å². The van der Waals surface area contributed by atoms with Gasteiger partial charge < -0.3 is 19.5 Å². The van der Waals surface area contributed by atoms with Crippen molar-refractivity contribution in [3.8, 4) is 5.75 Å². The van der Waals surface area contributed by atoms with Crippen molar-refractivity contribution < 1.29 is 23.9 Å². The highest BCUT2D eigenvalue weighted by molar-refractivity contribution is 6.58. The number of ether oxygens (including phenoxy) is 2. The summed E-state index contributed by atoms with van der Waals surface area (Å²) < 4.78 is 25.6. The molecule has 6 heteroatoms. The van der Waals surface area contributed by atoms with Crippen LogP contribution in [0.2, 0.25) is 0 Å². The van der Waals surface area contributed by atoms with Crippen molar-refractivity contribution in [2.24, 2.45) is 0 Å². The Balaban J connectivity index is 1.72. The maximum atomic E-state index is 13.8. The molecular weight excluding hydrogens is 274 g/mol. The Morgan fingerprint density at radius 3 is 2.76 bits per heavy atom. The normalized spacial score (nSPS) is 24.2. The fourth-order valence-electron chi connectivity index (χ4n) is 3.40. The highest BCUT2D eigenvalue weighted by Crippen LogP contribution is 2.41. The van der Waals surface area contributed by atoms with Crippen molar-refractivity contribution in [1.29, 1.82) is 0 Å². The summed E-state index contributed by atoms with van der Waals surface area (Å²) in [6, 6.07) is 3.90. The SMILES string of the molecule is OB(O)c1ccc(F)c(OC2CCOC3(CCCC3)C2)c1. The summed E-state index contributed by atoms with van der Waals surface area (Å²) in [5, 5.41) is 18.3. The first-order valence-electron chi connectivity index (χ1n) is 7.54. The first-order chi connectivity index (χ1) is 10.1. The topological polar surface area (TPSA) is 58.9 Å². The standard InChI is InChI=1S/C15H20BFO4/c17-13-4-3-11(16(18)19)9-14(13)21-12-5-8-20-15(10-12)6-1-2-7-15/h3-4,9,12,18-19H,1-2,5-8,10H2. The maximum absolute atomic E-state index is 13.8. The van der Waals surface area contributed by atoms with Crippen LogP contribution in [0.1, 0.15) is 38.5 Å². The molecule has 2 N–H and O–H groups in total. The van der Waals surface area contributed by atoms with Gasteiger partial charge in [-0.1, -0.05) is 18.9 Å². The Morgan fingerprint density at radius 2 is 2.05 bits per heavy atom. The second kappa shape index (κ2) is 5.95. The van der Waals surface area contributed by atoms with Gasteiger partial charge in [-0.2, -0.15) is 0 Å². The van der Waals surface area contributed by atoms with Gasteiger partial charge in [-0.15, -0.1) is 0 Å². The molecule has 1 heterocycles. The highest BCUT2D eigenvalue weighted by atomic mass is 19.1. The Morgan fingerprint density at radius 1 is 1.29 bits per heavy atom. The van der Waals surface area contributed by atoms with Crippen LogP contribution in [0.5, 0.6) is 5.75 Å². The predicted molar refractivity (Wildman–Crippen MR) is 77.0 cm³/mol. The third-order valence-corrected chi connectivity index (χ3v) is 4.51. The Bertz CT molecular complexity index is 502. The molecule has 1 atom stereocenters. The zero-order chi connectivity index (χ0) is 14.9. The third kappa shape index (κ3) is 3.22. The number of hydrogen-bond donors (Lipinski definition) is 2. The quantitative estimate of drug-likeness (QED) is 0.827. The minimum absolute atomic E-state index is 0.0839. The maximum Gasteiger partial charge on any atom is 0.488 e. The van der Waals surface area contributed by atoms with Crippen molar-refractivity contribution in [3.63, 3.8) is 0 Å². The zero-order valence-corrected chi connectivity index (χ0v) is 11.9. The summed E-state index contributed by atoms with van der Waals surface area (Å²) in [6.07, 6.45) is 5.86. The molecule has 1 spiro atoms. The molecule has 1 aliphatic heterocycles. The largest absolute Gasteiger partial charge is 0.488 e. The Kier molecular flexibility index (Phi) is 4.20. The van der Waals surface area contributed by atoms with E-state index in [-0.39, 0.29) is 22.9 Å². The van der Waals surface area contributed by atoms with Crippen LogP contribution in [0.3, 0.4) is 0 Å². The predicted octanol–water partition coefficient (Wildman–Crippen LogP) is 1.38. The minimum Gasteiger partial charge on any atom is -0.487 e. The van der Waals surface area contributed by atoms with E-state index in [9.17, 15) is 4.39 Å². The second-order valence-electron chi connectivity index (χ2n) is 6.03. The van der Waals surface area contributed by atoms with Gasteiger partial charge in [0.1, 0.15) is 6.10 Å². The average molecular weight is 294 g/mol. The van der Waals surface area contributed by atoms with E-state index < -0.39 is 12.9 Å². The molecule has 1 unspecified atom stereocenters. The van der Waals surface area contributed by atoms with Crippen molar-refractivity contribution in [1.82, 2.24) is 0 Å². The fourth-order valence-corrected chi connectivity index (χ4v) is 3.40. The summed E-state index contributed by atoms with van der Waals surface area (Å²) in [7, 11) is -1.62. The minimum atomic E-state index is -1.62. The summed E-state index contributed by atoms with van der Waals surface area (Å²) in [4.78, 5) is 0. The van der Waals surface area contributed by atoms with Crippen LogP contribution in [0.15, 0.2) is 18.2 Å². The Labute approximate surface area is 124 Å². The summed E-state index contributed by atoms with van der Waals surface area (Å²) in [5.74, 6) is -0.396. The first kappa shape index (κ1) is 14.8. The molecule has 3 rings (SSSR count). The van der Waals surface area contributed by atoms with Crippen molar-refractivity contribution in [2.45, 2.75) is 50.2 Å². The molecule has 0 amide bonds. The van der Waals surface area contributed by atoms with E-state index in [1.807, 2.05) is 0 Å². The molecule has 21 heavy (non-hydrogen) atoms. The molecule has 114 valence electrons. The molecule has 0 bridgehead atoms. The lowest BCUT2D eigenvalue weighted by Gasteiger charge is -2.38. The van der Waals surface area contributed by atoms with E-state index in [2.05, 4.69) is 0 Å². The van der Waals surface area contributed by atoms with Gasteiger partial charge in [0, 0.05) is 12.8 Å². The molecule has 1 aliphatic carbocycles. The van der Waals surface area contributed by atoms with E-state index in [1.165, 1.54) is 31.0 Å². The molecular formula is C15H20BFO4. The van der Waals surface area contributed by atoms with E-state index in [4.69, 9.17) is 19.5 Å². The van der Waals surface area contributed by atoms with Gasteiger partial charge in [0.05, 0.1) is 12.2 Å². The molecule has 0 radical (unpaired) electrons. The van der Waals surface area contributed by atoms with E-state index >= 15 is 0 Å². The molecule has 1 saturated carbocycles. The summed E-state index contributed by atoms with van der Waals surface area (Å²) in [6.45, 7) is 0.634. The van der Waals surface area contributed by atoms with Gasteiger partial charge >= 0.3 is 7.12 Å². The van der Waals surface area contributed by atoms with Gasteiger partial charge in [0.15, 0.2) is 11.6 Å². The molecule has 1 aromatic rings. The van der Waals surface area contributed by atoms with Crippen LogP contribution in [0.25, 0.3) is 0 Å². The van der Waals surface area contributed by atoms with E-state index in [1.54, 1.807) is 0 Å². The first-order valence-corrected chi connectivity index (χ1v) is 7.54. The molecule has 1 aromatic carbocycles. The van der Waals surface area contributed by atoms with Crippen molar-refractivity contribution in [2.75, 3.05) is 6.61 Å². The highest BCUT2D eigenvalue weighted by Gasteiger charge is 2.40. The number of rotatable bonds is 3. The summed E-state index contributed by atoms with van der Waals surface area (Å²) >= 11 is 0. The molecule has 0 aromatic heterocycles.